The molecule has 12 nitrogen and oxygen atoms in total. The van der Waals surface area contributed by atoms with Crippen molar-refractivity contribution in [3.05, 3.63) is 70.4 Å². The van der Waals surface area contributed by atoms with Crippen molar-refractivity contribution in [1.29, 1.82) is 0 Å². The molecular weight excluding hydrogens is 673 g/mol. The number of amides is 2. The standard InChI is InChI=1S/C38H56N4O8S/c1-27-36(51-26-41-27)31-12-13-32(24-39)34(23-31)48-22-21-47-20-19-46-18-17-45-16-6-7-29-8-10-30(11-9-29)25-49-28(2)33(14-15-35(40)43)42-37(44)50-38(3,4)5/h8-13,23,26,28,33H,6-7,14-22,24-25,39H2,1-5H3,(H2,40,43)(H,42,44)/t28-,33+/m1/s1. The summed E-state index contributed by atoms with van der Waals surface area (Å²) in [5.74, 6) is 0.337. The van der Waals surface area contributed by atoms with Gasteiger partial charge in [0.15, 0.2) is 0 Å². The van der Waals surface area contributed by atoms with Crippen LogP contribution in [-0.2, 0) is 48.1 Å². The van der Waals surface area contributed by atoms with Crippen LogP contribution in [0.3, 0.4) is 0 Å². The van der Waals surface area contributed by atoms with Gasteiger partial charge in [-0.2, -0.15) is 0 Å². The van der Waals surface area contributed by atoms with Crippen LogP contribution in [0.1, 0.15) is 69.3 Å². The molecule has 0 spiro atoms. The number of primary amides is 1. The van der Waals surface area contributed by atoms with Gasteiger partial charge in [0, 0.05) is 25.1 Å². The van der Waals surface area contributed by atoms with Gasteiger partial charge in [-0.3, -0.25) is 4.79 Å². The van der Waals surface area contributed by atoms with Crippen molar-refractivity contribution in [3.8, 4) is 16.2 Å². The molecule has 3 aromatic rings. The maximum absolute atomic E-state index is 12.3. The van der Waals surface area contributed by atoms with Gasteiger partial charge in [-0.15, -0.1) is 11.3 Å². The highest BCUT2D eigenvalue weighted by atomic mass is 32.1. The maximum Gasteiger partial charge on any atom is 0.407 e. The number of thiazole rings is 1. The highest BCUT2D eigenvalue weighted by molar-refractivity contribution is 7.13. The van der Waals surface area contributed by atoms with E-state index in [2.05, 4.69) is 28.5 Å². The third-order valence-electron chi connectivity index (χ3n) is 7.78. The van der Waals surface area contributed by atoms with Gasteiger partial charge >= 0.3 is 6.09 Å². The second-order valence-corrected chi connectivity index (χ2v) is 14.0. The SMILES string of the molecule is Cc1ncsc1-c1ccc(CN)c(OCCOCCOCCOCCCc2ccc(CO[C@H](C)[C@H](CCC(N)=O)NC(=O)OC(C)(C)C)cc2)c1. The summed E-state index contributed by atoms with van der Waals surface area (Å²) in [4.78, 5) is 29.1. The Hall–Kier alpha value is -3.59. The Labute approximate surface area is 306 Å². The molecular formula is C38H56N4O8S. The monoisotopic (exact) mass is 728 g/mol. The third kappa shape index (κ3) is 16.5. The van der Waals surface area contributed by atoms with Crippen molar-refractivity contribution >= 4 is 23.3 Å². The second kappa shape index (κ2) is 22.4. The second-order valence-electron chi connectivity index (χ2n) is 13.2. The van der Waals surface area contributed by atoms with Gasteiger partial charge in [0.05, 0.1) is 67.9 Å². The van der Waals surface area contributed by atoms with E-state index in [0.29, 0.717) is 65.8 Å². The molecule has 0 aliphatic rings. The number of aryl methyl sites for hydroxylation is 2. The molecule has 2 amide bonds. The van der Waals surface area contributed by atoms with Crippen LogP contribution in [0.15, 0.2) is 48.0 Å². The molecule has 2 aromatic carbocycles. The molecule has 0 radical (unpaired) electrons. The number of carbonyl (C=O) groups excluding carboxylic acids is 2. The molecule has 13 heteroatoms. The molecule has 0 fully saturated rings. The van der Waals surface area contributed by atoms with Crippen LogP contribution in [0.25, 0.3) is 10.4 Å². The topological polar surface area (TPSA) is 166 Å². The van der Waals surface area contributed by atoms with Crippen LogP contribution in [0.2, 0.25) is 0 Å². The van der Waals surface area contributed by atoms with E-state index in [4.69, 9.17) is 39.9 Å². The smallest absolute Gasteiger partial charge is 0.407 e. The van der Waals surface area contributed by atoms with Crippen molar-refractivity contribution < 1.29 is 38.0 Å². The van der Waals surface area contributed by atoms with E-state index in [1.165, 1.54) is 5.56 Å². The van der Waals surface area contributed by atoms with E-state index in [1.54, 1.807) is 32.1 Å². The van der Waals surface area contributed by atoms with Gasteiger partial charge in [-0.25, -0.2) is 9.78 Å². The number of nitrogens with one attached hydrogen (secondary N) is 1. The van der Waals surface area contributed by atoms with Gasteiger partial charge in [0.2, 0.25) is 5.91 Å². The van der Waals surface area contributed by atoms with Gasteiger partial charge in [-0.05, 0) is 76.6 Å². The average molecular weight is 729 g/mol. The molecule has 0 saturated heterocycles. The molecule has 0 bridgehead atoms. The van der Waals surface area contributed by atoms with E-state index in [9.17, 15) is 9.59 Å². The summed E-state index contributed by atoms with van der Waals surface area (Å²) in [6.07, 6.45) is 1.37. The van der Waals surface area contributed by atoms with E-state index in [1.807, 2.05) is 43.6 Å². The van der Waals surface area contributed by atoms with Crippen molar-refractivity contribution in [3.63, 3.8) is 0 Å². The molecule has 1 heterocycles. The lowest BCUT2D eigenvalue weighted by Gasteiger charge is -2.27. The fraction of sp³-hybridized carbons (Fsp3) is 0.553. The number of alkyl carbamates (subject to hydrolysis) is 1. The molecule has 0 saturated carbocycles. The first-order valence-electron chi connectivity index (χ1n) is 17.5. The number of ether oxygens (including phenoxy) is 6. The van der Waals surface area contributed by atoms with Crippen LogP contribution in [-0.4, -0.2) is 81.0 Å². The average Bonchev–Trinajstić information content (AvgIpc) is 3.52. The summed E-state index contributed by atoms with van der Waals surface area (Å²) in [6, 6.07) is 13.9. The minimum atomic E-state index is -0.633. The summed E-state index contributed by atoms with van der Waals surface area (Å²) in [5, 5.41) is 2.82. The molecule has 2 atom stereocenters. The number of nitrogens with two attached hydrogens (primary N) is 2. The summed E-state index contributed by atoms with van der Waals surface area (Å²) in [6.45, 7) is 13.5. The molecule has 0 aliphatic carbocycles. The quantitative estimate of drug-likeness (QED) is 0.0974. The van der Waals surface area contributed by atoms with Crippen LogP contribution in [0, 0.1) is 6.92 Å². The molecule has 3 rings (SSSR count). The van der Waals surface area contributed by atoms with Crippen LogP contribution in [0.5, 0.6) is 5.75 Å². The highest BCUT2D eigenvalue weighted by Gasteiger charge is 2.24. The van der Waals surface area contributed by atoms with Gasteiger partial charge in [0.1, 0.15) is 18.0 Å². The zero-order valence-electron chi connectivity index (χ0n) is 30.7. The third-order valence-corrected chi connectivity index (χ3v) is 8.76. The molecule has 0 unspecified atom stereocenters. The van der Waals surface area contributed by atoms with E-state index in [-0.39, 0.29) is 12.5 Å². The Kier molecular flexibility index (Phi) is 18.3. The predicted octanol–water partition coefficient (Wildman–Crippen LogP) is 5.70. The number of aromatic nitrogens is 1. The lowest BCUT2D eigenvalue weighted by molar-refractivity contribution is -0.118. The predicted molar refractivity (Wildman–Crippen MR) is 199 cm³/mol. The highest BCUT2D eigenvalue weighted by Crippen LogP contribution is 2.31. The van der Waals surface area contributed by atoms with Gasteiger partial charge in [0.25, 0.3) is 0 Å². The first-order chi connectivity index (χ1) is 24.4. The molecule has 51 heavy (non-hydrogen) atoms. The maximum atomic E-state index is 12.3. The molecule has 0 aliphatic heterocycles. The number of carbonyl (C=O) groups is 2. The number of benzene rings is 2. The van der Waals surface area contributed by atoms with Crippen molar-refractivity contribution in [1.82, 2.24) is 10.3 Å². The van der Waals surface area contributed by atoms with Crippen LogP contribution < -0.4 is 21.5 Å². The largest absolute Gasteiger partial charge is 0.491 e. The molecule has 282 valence electrons. The molecule has 5 N–H and O–H groups in total. The van der Waals surface area contributed by atoms with Gasteiger partial charge in [-0.1, -0.05) is 36.4 Å². The number of hydrogen-bond acceptors (Lipinski definition) is 11. The Balaban J connectivity index is 1.22. The number of nitrogens with zero attached hydrogens (tertiary/aromatic N) is 1. The Bertz CT molecular complexity index is 1460. The zero-order valence-corrected chi connectivity index (χ0v) is 31.6. The van der Waals surface area contributed by atoms with Crippen molar-refractivity contribution in [2.75, 3.05) is 46.2 Å². The summed E-state index contributed by atoms with van der Waals surface area (Å²) in [7, 11) is 0. The molecule has 1 aromatic heterocycles. The lowest BCUT2D eigenvalue weighted by Crippen LogP contribution is -2.45. The van der Waals surface area contributed by atoms with Crippen LogP contribution in [0.4, 0.5) is 4.79 Å². The first-order valence-corrected chi connectivity index (χ1v) is 18.4. The number of hydrogen-bond donors (Lipinski definition) is 3. The van der Waals surface area contributed by atoms with Gasteiger partial charge < -0.3 is 45.2 Å². The minimum absolute atomic E-state index is 0.133. The van der Waals surface area contributed by atoms with E-state index in [0.717, 1.165) is 45.9 Å². The van der Waals surface area contributed by atoms with Crippen LogP contribution >= 0.6 is 11.3 Å². The summed E-state index contributed by atoms with van der Waals surface area (Å²) in [5.41, 5.74) is 17.7. The fourth-order valence-corrected chi connectivity index (χ4v) is 5.84. The van der Waals surface area contributed by atoms with Crippen molar-refractivity contribution in [2.24, 2.45) is 11.5 Å². The zero-order chi connectivity index (χ0) is 37.1. The Morgan fingerprint density at radius 3 is 2.18 bits per heavy atom. The van der Waals surface area contributed by atoms with Crippen molar-refractivity contribution in [2.45, 2.75) is 91.2 Å². The Morgan fingerprint density at radius 1 is 0.922 bits per heavy atom. The number of rotatable bonds is 24. The first kappa shape index (κ1) is 41.8. The minimum Gasteiger partial charge on any atom is -0.491 e. The fourth-order valence-electron chi connectivity index (χ4n) is 5.04. The van der Waals surface area contributed by atoms with E-state index >= 15 is 0 Å². The summed E-state index contributed by atoms with van der Waals surface area (Å²) >= 11 is 1.61. The lowest BCUT2D eigenvalue weighted by atomic mass is 10.1. The Morgan fingerprint density at radius 2 is 1.57 bits per heavy atom. The normalized spacial score (nSPS) is 12.7. The van der Waals surface area contributed by atoms with E-state index < -0.39 is 23.6 Å². The summed E-state index contributed by atoms with van der Waals surface area (Å²) < 4.78 is 34.4.